The summed E-state index contributed by atoms with van der Waals surface area (Å²) in [6.45, 7) is -11.5. The molecule has 108 heavy (non-hydrogen) atoms. The molecule has 25 heteroatoms. The zero-order valence-electron chi connectivity index (χ0n) is 74.8. The van der Waals surface area contributed by atoms with E-state index < -0.39 is 41.9 Å². The number of hydrogen-bond donors (Lipinski definition) is 0. The first-order valence-electron chi connectivity index (χ1n) is 43.4. The molecule has 0 fully saturated rings. The van der Waals surface area contributed by atoms with E-state index in [9.17, 15) is 0 Å². The lowest BCUT2D eigenvalue weighted by Gasteiger charge is -2.03. The second-order valence-electron chi connectivity index (χ2n) is 26.9. The summed E-state index contributed by atoms with van der Waals surface area (Å²) in [6, 6.07) is 28.5. The highest BCUT2D eigenvalue weighted by molar-refractivity contribution is 7.25. The molecule has 0 radical (unpaired) electrons. The van der Waals surface area contributed by atoms with Crippen LogP contribution in [-0.2, 0) is 81.6 Å². The Morgan fingerprint density at radius 3 is 1.24 bits per heavy atom. The van der Waals surface area contributed by atoms with Gasteiger partial charge in [-0.2, -0.15) is 4.57 Å². The molecule has 0 unspecified atom stereocenters. The Morgan fingerprint density at radius 1 is 0.352 bits per heavy atom. The van der Waals surface area contributed by atoms with Crippen molar-refractivity contribution in [2.75, 3.05) is 0 Å². The number of aryl methyl sites for hydroxylation is 7. The van der Waals surface area contributed by atoms with Crippen molar-refractivity contribution in [1.29, 1.82) is 0 Å². The van der Waals surface area contributed by atoms with Crippen LogP contribution in [0.25, 0.3) is 171 Å². The van der Waals surface area contributed by atoms with Crippen LogP contribution in [0.2, 0.25) is 0 Å². The summed E-state index contributed by atoms with van der Waals surface area (Å²) in [7, 11) is 1.89. The molecule has 0 saturated carbocycles. The van der Waals surface area contributed by atoms with E-state index >= 15 is 0 Å². The largest absolute Gasteiger partial charge is 0.417 e. The number of pyridine rings is 10. The number of hydrogen-bond acceptors (Lipinski definition) is 12. The van der Waals surface area contributed by atoms with Crippen LogP contribution in [0.4, 0.5) is 0 Å². The van der Waals surface area contributed by atoms with E-state index in [-0.39, 0.29) is 5.65 Å². The van der Waals surface area contributed by atoms with Crippen molar-refractivity contribution in [2.45, 2.75) is 32.7 Å². The molecular weight excluding hydrogens is 1370 g/mol. The average Bonchev–Trinajstić information content (AvgIpc) is 1.53. The van der Waals surface area contributed by atoms with Gasteiger partial charge in [0, 0.05) is 132 Å². The van der Waals surface area contributed by atoms with Crippen molar-refractivity contribution in [3.63, 3.8) is 0 Å². The number of furan rings is 1. The van der Waals surface area contributed by atoms with E-state index in [4.69, 9.17) is 29.1 Å². The monoisotopic (exact) mass is 1450 g/mol. The zero-order valence-corrected chi connectivity index (χ0v) is 57.7. The maximum absolute atomic E-state index is 8.35. The topological polar surface area (TPSA) is 201 Å². The van der Waals surface area contributed by atoms with Gasteiger partial charge in [-0.15, -0.1) is 0 Å². The third-order valence-corrected chi connectivity index (χ3v) is 22.5. The molecule has 5 aliphatic rings. The third-order valence-electron chi connectivity index (χ3n) is 21.4. The quantitative estimate of drug-likeness (QED) is 0.142. The van der Waals surface area contributed by atoms with Crippen LogP contribution >= 0.6 is 11.3 Å². The van der Waals surface area contributed by atoms with Crippen LogP contribution in [0.5, 0.6) is 0 Å². The molecule has 24 nitrogen and oxygen atoms in total. The summed E-state index contributed by atoms with van der Waals surface area (Å²) in [4.78, 5) is 42.4. The van der Waals surface area contributed by atoms with Crippen molar-refractivity contribution in [2.24, 2.45) is 48.9 Å². The Bertz CT molecular complexity index is 7990. The summed E-state index contributed by atoms with van der Waals surface area (Å²) in [6.07, 6.45) is 34.3. The van der Waals surface area contributed by atoms with Crippen molar-refractivity contribution in [3.05, 3.63) is 243 Å². The van der Waals surface area contributed by atoms with Crippen LogP contribution in [0, 0.1) is 0 Å². The second kappa shape index (κ2) is 23.1. The molecule has 0 aliphatic carbocycles. The fraction of sp³-hybridized carbons (Fsp3) is 0.145. The molecule has 1 aromatic carbocycles. The van der Waals surface area contributed by atoms with E-state index in [0.717, 1.165) is 140 Å². The number of rotatable bonds is 1. The Labute approximate surface area is 643 Å². The summed E-state index contributed by atoms with van der Waals surface area (Å²) < 4.78 is 174. The Morgan fingerprint density at radius 2 is 0.731 bits per heavy atom. The van der Waals surface area contributed by atoms with Crippen molar-refractivity contribution in [3.8, 4) is 62.6 Å². The van der Waals surface area contributed by atoms with E-state index in [1.54, 1.807) is 111 Å². The normalized spacial score (nSPS) is 16.1. The standard InChI is InChI=1S/C21H16N5.2C16H14N5.C15H11N4O.C15H11N4S/c1-24-20-16-7-9-22-11-14(16)13-25(20)19-17-8-10-23-12-18(17)26(21(19)24)15-5-3-2-4-6-15;2*1-19-13-8-18-6-4-12(13)14-16(19)20(2)15-11-3-5-17-7-10(11)9-21(14)15;2*1-18-14-10-2-4-16-6-9(10)8-19(14)13-11-3-5-17-7-12(11)20-15(13)18/h2-12H,13H2,1H3;2*3-8H,9H2,1-2H3;2*2-7H,8H2,1H3/q5*+1/i1D3;1D3,2D3;2D3;2*1D3. The van der Waals surface area contributed by atoms with E-state index in [1.165, 1.54) is 35.8 Å². The van der Waals surface area contributed by atoms with E-state index in [2.05, 4.69) is 63.5 Å². The number of imidazole rings is 5. The molecule has 0 spiro atoms. The molecule has 520 valence electrons. The number of fused-ring (bicyclic) bond motifs is 35. The van der Waals surface area contributed by atoms with Gasteiger partial charge in [-0.25, -0.2) is 45.7 Å². The highest BCUT2D eigenvalue weighted by Gasteiger charge is 2.41. The van der Waals surface area contributed by atoms with Gasteiger partial charge in [0.15, 0.2) is 27.6 Å². The SMILES string of the molecule is [2H]C([2H])([2H])[n+]1c2n(c3c4ccncc4n(-c4ccccc4)c31)Cc1cnccc1-2.[2H]C([2H])([2H])[n+]1c2n(c3c4ccncc4n(C)c31)Cc1cnccc1-2.[2H]C([2H])([2H])[n+]1c2n(c3c4ccncc4oc31)Cc1cnccc1-2.[2H]C([2H])([2H])[n+]1c2n(c3c4ccncc4sc31)Cc1cnccc1-2.[2H]C([2H])([2H])n1c2cnccc2c2c1[n+](C([2H])([2H])[2H])c1n2Cc2cnccc2-1. The number of thiophene rings is 1. The Kier molecular flexibility index (Phi) is 9.86. The van der Waals surface area contributed by atoms with Gasteiger partial charge in [-0.05, 0) is 72.8 Å². The van der Waals surface area contributed by atoms with Gasteiger partial charge in [0.25, 0.3) is 28.6 Å². The molecule has 0 atom stereocenters. The molecule has 0 saturated heterocycles. The van der Waals surface area contributed by atoms with Gasteiger partial charge in [0.2, 0.25) is 27.8 Å². The van der Waals surface area contributed by atoms with Crippen LogP contribution in [0.3, 0.4) is 0 Å². The first-order valence-corrected chi connectivity index (χ1v) is 35.2. The molecular formula is C83H66N23OS+5. The lowest BCUT2D eigenvalue weighted by Crippen LogP contribution is -2.31. The summed E-state index contributed by atoms with van der Waals surface area (Å²) in [5.74, 6) is 3.24. The molecule has 21 aromatic rings. The summed E-state index contributed by atoms with van der Waals surface area (Å²) in [5.41, 5.74) is 19.1. The highest BCUT2D eigenvalue weighted by atomic mass is 32.1. The van der Waals surface area contributed by atoms with Crippen molar-refractivity contribution in [1.82, 2.24) is 86.4 Å². The van der Waals surface area contributed by atoms with Gasteiger partial charge in [0.1, 0.15) is 35.3 Å². The minimum absolute atomic E-state index is 0.149. The van der Waals surface area contributed by atoms with Crippen LogP contribution < -0.4 is 22.8 Å². The predicted molar refractivity (Wildman–Crippen MR) is 411 cm³/mol. The van der Waals surface area contributed by atoms with Crippen molar-refractivity contribution >= 4 is 120 Å². The Balaban J connectivity index is 0.0000000935. The van der Waals surface area contributed by atoms with Gasteiger partial charge in [-0.3, -0.25) is 59.0 Å². The first kappa shape index (κ1) is 46.1. The summed E-state index contributed by atoms with van der Waals surface area (Å²) in [5, 5.41) is 4.54. The Hall–Kier alpha value is -13.8. The van der Waals surface area contributed by atoms with E-state index in [1.807, 2.05) is 123 Å². The molecule has 0 amide bonds. The number of nitrogens with zero attached hydrogens (tertiary/aromatic N) is 23. The number of para-hydroxylation sites is 1. The third kappa shape index (κ3) is 8.51. The van der Waals surface area contributed by atoms with E-state index in [0.29, 0.717) is 95.0 Å². The lowest BCUT2D eigenvalue weighted by atomic mass is 10.2. The molecule has 25 heterocycles. The first-order chi connectivity index (χ1) is 60.3. The maximum Gasteiger partial charge on any atom is 0.339 e. The molecule has 0 bridgehead atoms. The van der Waals surface area contributed by atoms with Gasteiger partial charge in [0.05, 0.1) is 172 Å². The smallest absolute Gasteiger partial charge is 0.339 e. The molecule has 20 aromatic heterocycles. The minimum atomic E-state index is -2.56. The van der Waals surface area contributed by atoms with Gasteiger partial charge in [-0.1, -0.05) is 29.5 Å². The van der Waals surface area contributed by atoms with Gasteiger partial charge < -0.3 is 4.42 Å². The minimum Gasteiger partial charge on any atom is -0.417 e. The average molecular weight is 1450 g/mol. The molecule has 5 aliphatic heterocycles. The highest BCUT2D eigenvalue weighted by Crippen LogP contribution is 2.44. The molecule has 0 N–H and O–H groups in total. The van der Waals surface area contributed by atoms with Crippen LogP contribution in [0.15, 0.2) is 219 Å². The fourth-order valence-corrected chi connectivity index (χ4v) is 18.0. The van der Waals surface area contributed by atoms with Crippen molar-refractivity contribution < 1.29 is 51.9 Å². The fourth-order valence-electron chi connectivity index (χ4n) is 16.9. The number of aromatic nitrogens is 23. The van der Waals surface area contributed by atoms with Gasteiger partial charge >= 0.3 is 5.71 Å². The van der Waals surface area contributed by atoms with Crippen LogP contribution in [-0.4, -0.2) is 86.4 Å². The zero-order chi connectivity index (χ0) is 87.1. The maximum atomic E-state index is 8.35. The van der Waals surface area contributed by atoms with Crippen LogP contribution in [0.1, 0.15) is 52.5 Å². The molecule has 26 rings (SSSR count). The number of benzene rings is 1. The predicted octanol–water partition coefficient (Wildman–Crippen LogP) is 11.3. The lowest BCUT2D eigenvalue weighted by molar-refractivity contribution is -0.640. The summed E-state index contributed by atoms with van der Waals surface area (Å²) >= 11 is 1.48. The second-order valence-corrected chi connectivity index (χ2v) is 27.9.